The van der Waals surface area contributed by atoms with E-state index in [0.717, 1.165) is 89.9 Å². The van der Waals surface area contributed by atoms with Gasteiger partial charge in [-0.2, -0.15) is 0 Å². The van der Waals surface area contributed by atoms with Gasteiger partial charge < -0.3 is 14.2 Å². The van der Waals surface area contributed by atoms with Gasteiger partial charge in [-0.1, -0.05) is 223 Å². The predicted molar refractivity (Wildman–Crippen MR) is 284 cm³/mol. The molecule has 0 radical (unpaired) electrons. The molecule has 0 aliphatic rings. The summed E-state index contributed by atoms with van der Waals surface area (Å²) in [7, 11) is 0. The normalized spacial score (nSPS) is 12.5. The molecule has 0 saturated carbocycles. The van der Waals surface area contributed by atoms with Crippen LogP contribution in [-0.4, -0.2) is 37.2 Å². The smallest absolute Gasteiger partial charge is 0.306 e. The predicted octanol–water partition coefficient (Wildman–Crippen LogP) is 18.8. The Morgan fingerprint density at radius 2 is 0.576 bits per heavy atom. The monoisotopic (exact) mass is 923 g/mol. The Morgan fingerprint density at radius 3 is 0.939 bits per heavy atom. The molecule has 0 aromatic carbocycles. The number of ether oxygens (including phenoxy) is 3. The van der Waals surface area contributed by atoms with Gasteiger partial charge in [-0.3, -0.25) is 14.4 Å². The first-order valence-electron chi connectivity index (χ1n) is 28.3. The van der Waals surface area contributed by atoms with Crippen molar-refractivity contribution in [1.82, 2.24) is 0 Å². The Kier molecular flexibility index (Phi) is 52.3. The lowest BCUT2D eigenvalue weighted by Gasteiger charge is -2.18. The van der Waals surface area contributed by atoms with Crippen LogP contribution in [0.3, 0.4) is 0 Å². The molecule has 0 aliphatic heterocycles. The quantitative estimate of drug-likeness (QED) is 0.0262. The number of allylic oxidation sites excluding steroid dienone is 10. The van der Waals surface area contributed by atoms with Crippen LogP contribution in [0.2, 0.25) is 0 Å². The maximum Gasteiger partial charge on any atom is 0.306 e. The minimum atomic E-state index is -0.782. The number of hydrogen-bond donors (Lipinski definition) is 0. The zero-order chi connectivity index (χ0) is 47.9. The van der Waals surface area contributed by atoms with Crippen LogP contribution in [0.25, 0.3) is 0 Å². The summed E-state index contributed by atoms with van der Waals surface area (Å²) in [6.07, 6.45) is 67.8. The van der Waals surface area contributed by atoms with Crippen molar-refractivity contribution >= 4 is 17.9 Å². The molecule has 0 fully saturated rings. The van der Waals surface area contributed by atoms with Gasteiger partial charge in [0.25, 0.3) is 0 Å². The summed E-state index contributed by atoms with van der Waals surface area (Å²) in [5.41, 5.74) is 0. The molecule has 0 aliphatic carbocycles. The van der Waals surface area contributed by atoms with E-state index < -0.39 is 6.10 Å². The molecule has 66 heavy (non-hydrogen) atoms. The molecule has 6 heteroatoms. The molecule has 0 saturated heterocycles. The van der Waals surface area contributed by atoms with E-state index in [4.69, 9.17) is 14.2 Å². The van der Waals surface area contributed by atoms with E-state index in [1.807, 2.05) is 0 Å². The molecular formula is C60H106O6. The second kappa shape index (κ2) is 54.7. The number of hydrogen-bond acceptors (Lipinski definition) is 6. The van der Waals surface area contributed by atoms with Crippen molar-refractivity contribution in [2.45, 2.75) is 290 Å². The highest BCUT2D eigenvalue weighted by Gasteiger charge is 2.19. The molecule has 0 bridgehead atoms. The van der Waals surface area contributed by atoms with Gasteiger partial charge in [0.1, 0.15) is 13.2 Å². The third kappa shape index (κ3) is 52.1. The number of carbonyl (C=O) groups is 3. The standard InChI is InChI=1S/C60H106O6/c1-4-7-10-13-16-19-22-24-26-28-29-30-31-33-34-36-38-41-44-47-50-53-59(62)65-56-57(55-64-58(61)52-49-46-43-40-21-18-15-12-9-6-3)66-60(63)54-51-48-45-42-39-37-35-32-27-25-23-20-17-14-11-8-5-2/h12,15,17,20,22,24-25,27-29,57H,4-11,13-14,16,18-19,21,23,26,30-56H2,1-3H3/b15-12-,20-17-,24-22-,27-25-,29-28-. The summed E-state index contributed by atoms with van der Waals surface area (Å²) in [5, 5.41) is 0. The molecule has 0 rings (SSSR count). The Hall–Kier alpha value is -2.89. The van der Waals surface area contributed by atoms with Gasteiger partial charge in [0.2, 0.25) is 0 Å². The summed E-state index contributed by atoms with van der Waals surface area (Å²) in [4.78, 5) is 38.0. The number of unbranched alkanes of at least 4 members (excludes halogenated alkanes) is 30. The molecule has 6 nitrogen and oxygen atoms in total. The third-order valence-corrected chi connectivity index (χ3v) is 12.2. The van der Waals surface area contributed by atoms with Crippen LogP contribution < -0.4 is 0 Å². The molecule has 0 aromatic rings. The van der Waals surface area contributed by atoms with Crippen molar-refractivity contribution in [3.8, 4) is 0 Å². The van der Waals surface area contributed by atoms with Gasteiger partial charge in [0.15, 0.2) is 6.10 Å². The summed E-state index contributed by atoms with van der Waals surface area (Å²) >= 11 is 0. The Balaban J connectivity index is 4.31. The maximum absolute atomic E-state index is 12.8. The first-order valence-corrected chi connectivity index (χ1v) is 28.3. The van der Waals surface area contributed by atoms with Crippen LogP contribution in [0.5, 0.6) is 0 Å². The fourth-order valence-corrected chi connectivity index (χ4v) is 7.92. The van der Waals surface area contributed by atoms with E-state index in [1.54, 1.807) is 0 Å². The van der Waals surface area contributed by atoms with Gasteiger partial charge >= 0.3 is 17.9 Å². The van der Waals surface area contributed by atoms with Crippen LogP contribution >= 0.6 is 0 Å². The molecule has 0 N–H and O–H groups in total. The van der Waals surface area contributed by atoms with Crippen LogP contribution in [-0.2, 0) is 28.6 Å². The lowest BCUT2D eigenvalue weighted by Crippen LogP contribution is -2.30. The van der Waals surface area contributed by atoms with Gasteiger partial charge in [-0.15, -0.1) is 0 Å². The van der Waals surface area contributed by atoms with Crippen molar-refractivity contribution in [3.05, 3.63) is 60.8 Å². The third-order valence-electron chi connectivity index (χ3n) is 12.2. The average molecular weight is 924 g/mol. The summed E-state index contributed by atoms with van der Waals surface area (Å²) < 4.78 is 16.8. The molecule has 382 valence electrons. The summed E-state index contributed by atoms with van der Waals surface area (Å²) in [5.74, 6) is -0.897. The van der Waals surface area contributed by atoms with Crippen molar-refractivity contribution < 1.29 is 28.6 Å². The SMILES string of the molecule is CCC/C=C\CCCCCCCC(=O)OCC(COC(=O)CCCCCCCCCCC/C=C\C/C=C\CCCCCCC)OC(=O)CCCCCCCCC/C=C\C/C=C\CCCCC. The maximum atomic E-state index is 12.8. The van der Waals surface area contributed by atoms with Crippen LogP contribution in [0, 0.1) is 0 Å². The van der Waals surface area contributed by atoms with Gasteiger partial charge in [0, 0.05) is 19.3 Å². The highest BCUT2D eigenvalue weighted by atomic mass is 16.6. The number of esters is 3. The molecule has 0 aromatic heterocycles. The number of carbonyl (C=O) groups excluding carboxylic acids is 3. The minimum Gasteiger partial charge on any atom is -0.462 e. The van der Waals surface area contributed by atoms with E-state index in [-0.39, 0.29) is 31.1 Å². The summed E-state index contributed by atoms with van der Waals surface area (Å²) in [6.45, 7) is 6.54. The molecule has 1 atom stereocenters. The van der Waals surface area contributed by atoms with E-state index in [1.165, 1.54) is 154 Å². The molecular weight excluding hydrogens is 817 g/mol. The first kappa shape index (κ1) is 63.1. The minimum absolute atomic E-state index is 0.0818. The van der Waals surface area contributed by atoms with Crippen molar-refractivity contribution in [1.29, 1.82) is 0 Å². The Labute approximate surface area is 409 Å². The van der Waals surface area contributed by atoms with Gasteiger partial charge in [-0.05, 0) is 103 Å². The van der Waals surface area contributed by atoms with E-state index in [2.05, 4.69) is 81.5 Å². The lowest BCUT2D eigenvalue weighted by atomic mass is 10.1. The zero-order valence-electron chi connectivity index (χ0n) is 43.7. The molecule has 0 spiro atoms. The second-order valence-corrected chi connectivity index (χ2v) is 18.8. The fraction of sp³-hybridized carbons (Fsp3) is 0.783. The second-order valence-electron chi connectivity index (χ2n) is 18.8. The van der Waals surface area contributed by atoms with E-state index in [0.29, 0.717) is 19.3 Å². The van der Waals surface area contributed by atoms with Gasteiger partial charge in [0.05, 0.1) is 0 Å². The van der Waals surface area contributed by atoms with Crippen molar-refractivity contribution in [3.63, 3.8) is 0 Å². The molecule has 1 unspecified atom stereocenters. The lowest BCUT2D eigenvalue weighted by molar-refractivity contribution is -0.167. The Morgan fingerprint density at radius 1 is 0.303 bits per heavy atom. The molecule has 0 heterocycles. The van der Waals surface area contributed by atoms with Crippen molar-refractivity contribution in [2.75, 3.05) is 13.2 Å². The summed E-state index contributed by atoms with van der Waals surface area (Å²) in [6, 6.07) is 0. The highest BCUT2D eigenvalue weighted by Crippen LogP contribution is 2.15. The van der Waals surface area contributed by atoms with E-state index >= 15 is 0 Å². The topological polar surface area (TPSA) is 78.9 Å². The zero-order valence-corrected chi connectivity index (χ0v) is 43.7. The average Bonchev–Trinajstić information content (AvgIpc) is 3.31. The van der Waals surface area contributed by atoms with Gasteiger partial charge in [-0.25, -0.2) is 0 Å². The van der Waals surface area contributed by atoms with Crippen molar-refractivity contribution in [2.24, 2.45) is 0 Å². The fourth-order valence-electron chi connectivity index (χ4n) is 7.92. The number of rotatable bonds is 51. The Bertz CT molecular complexity index is 1200. The van der Waals surface area contributed by atoms with E-state index in [9.17, 15) is 14.4 Å². The van der Waals surface area contributed by atoms with Crippen LogP contribution in [0.4, 0.5) is 0 Å². The largest absolute Gasteiger partial charge is 0.462 e. The first-order chi connectivity index (χ1) is 32.5. The molecule has 0 amide bonds. The van der Waals surface area contributed by atoms with Crippen LogP contribution in [0.1, 0.15) is 284 Å². The highest BCUT2D eigenvalue weighted by molar-refractivity contribution is 5.71. The van der Waals surface area contributed by atoms with Crippen LogP contribution in [0.15, 0.2) is 60.8 Å².